The first-order chi connectivity index (χ1) is 14.0. The average Bonchev–Trinajstić information content (AvgIpc) is 2.72. The number of aryl methyl sites for hydroxylation is 1. The Hall–Kier alpha value is -3.75. The summed E-state index contributed by atoms with van der Waals surface area (Å²) in [4.78, 5) is 29.9. The Kier molecular flexibility index (Phi) is 4.71. The molecule has 0 bridgehead atoms. The minimum Gasteiger partial charge on any atom is -0.477 e. The molecule has 1 aliphatic heterocycles. The predicted octanol–water partition coefficient (Wildman–Crippen LogP) is 1.87. The largest absolute Gasteiger partial charge is 0.477 e. The molecule has 1 atom stereocenters. The van der Waals surface area contributed by atoms with E-state index in [9.17, 15) is 4.79 Å². The molecule has 0 saturated heterocycles. The first-order valence-electron chi connectivity index (χ1n) is 9.00. The Balaban J connectivity index is 1.77. The van der Waals surface area contributed by atoms with Crippen LogP contribution in [0.2, 0.25) is 0 Å². The number of methoxy groups -OCH3 is 2. The number of nitrogen functional groups attached to an aromatic ring is 1. The van der Waals surface area contributed by atoms with Crippen LogP contribution >= 0.6 is 0 Å². The molecule has 0 aliphatic carbocycles. The van der Waals surface area contributed by atoms with E-state index in [1.165, 1.54) is 14.2 Å². The number of nitrogens with one attached hydrogen (secondary N) is 1. The molecule has 9 nitrogen and oxygen atoms in total. The minimum absolute atomic E-state index is 0.161. The van der Waals surface area contributed by atoms with Gasteiger partial charge in [0.25, 0.3) is 17.7 Å². The Morgan fingerprint density at radius 3 is 2.62 bits per heavy atom. The number of ether oxygens (including phenoxy) is 2. The lowest BCUT2D eigenvalue weighted by atomic mass is 9.90. The van der Waals surface area contributed by atoms with Crippen LogP contribution in [-0.2, 0) is 6.42 Å². The molecule has 0 spiro atoms. The molecule has 9 heteroatoms. The van der Waals surface area contributed by atoms with Crippen molar-refractivity contribution < 1.29 is 14.3 Å². The quantitative estimate of drug-likeness (QED) is 0.689. The Bertz CT molecular complexity index is 1100. The van der Waals surface area contributed by atoms with Gasteiger partial charge < -0.3 is 20.5 Å². The standard InChI is InChI=1S/C20H20N6O3/c1-10-16-14(26-20(21)23-10)8-13(24-17(16)27)11-6-4-5-7-12(11)15-9-22-18(28-2)19(25-15)29-3/h4-7,9,13H,8H2,1-3H3,(H,24,27)(H2,21,23,26)/t13-/m1/s1. The van der Waals surface area contributed by atoms with Crippen molar-refractivity contribution in [3.63, 3.8) is 0 Å². The van der Waals surface area contributed by atoms with Crippen molar-refractivity contribution in [3.05, 3.63) is 53.0 Å². The molecule has 148 valence electrons. The lowest BCUT2D eigenvalue weighted by molar-refractivity contribution is 0.0922. The van der Waals surface area contributed by atoms with Crippen LogP contribution < -0.4 is 20.5 Å². The highest BCUT2D eigenvalue weighted by atomic mass is 16.5. The van der Waals surface area contributed by atoms with E-state index in [1.54, 1.807) is 13.1 Å². The van der Waals surface area contributed by atoms with Crippen LogP contribution in [0.5, 0.6) is 11.8 Å². The third-order valence-electron chi connectivity index (χ3n) is 4.82. The van der Waals surface area contributed by atoms with Crippen LogP contribution in [0.15, 0.2) is 30.5 Å². The number of anilines is 1. The fourth-order valence-electron chi connectivity index (χ4n) is 3.56. The summed E-state index contributed by atoms with van der Waals surface area (Å²) in [6.45, 7) is 1.75. The fraction of sp³-hybridized carbons (Fsp3) is 0.250. The molecule has 3 heterocycles. The second-order valence-corrected chi connectivity index (χ2v) is 6.58. The molecule has 0 fully saturated rings. The van der Waals surface area contributed by atoms with Gasteiger partial charge >= 0.3 is 0 Å². The highest BCUT2D eigenvalue weighted by Gasteiger charge is 2.30. The number of amides is 1. The van der Waals surface area contributed by atoms with Crippen LogP contribution in [0.1, 0.15) is 33.4 Å². The number of benzene rings is 1. The number of aromatic nitrogens is 4. The SMILES string of the molecule is COc1ncc(-c2ccccc2[C@H]2Cc3nc(N)nc(C)c3C(=O)N2)nc1OC. The highest BCUT2D eigenvalue weighted by molar-refractivity contribution is 5.98. The van der Waals surface area contributed by atoms with Crippen molar-refractivity contribution in [1.29, 1.82) is 0 Å². The minimum atomic E-state index is -0.296. The van der Waals surface area contributed by atoms with Crippen LogP contribution in [0.4, 0.5) is 5.95 Å². The van der Waals surface area contributed by atoms with E-state index in [-0.39, 0.29) is 23.8 Å². The monoisotopic (exact) mass is 392 g/mol. The molecular weight excluding hydrogens is 372 g/mol. The van der Waals surface area contributed by atoms with Crippen molar-refractivity contribution in [1.82, 2.24) is 25.3 Å². The van der Waals surface area contributed by atoms with Crippen molar-refractivity contribution in [3.8, 4) is 23.0 Å². The zero-order valence-corrected chi connectivity index (χ0v) is 16.3. The zero-order chi connectivity index (χ0) is 20.5. The number of hydrogen-bond donors (Lipinski definition) is 2. The lowest BCUT2D eigenvalue weighted by Crippen LogP contribution is -2.37. The molecule has 0 unspecified atom stereocenters. The second kappa shape index (κ2) is 7.34. The Labute approximate surface area is 167 Å². The first kappa shape index (κ1) is 18.6. The summed E-state index contributed by atoms with van der Waals surface area (Å²) >= 11 is 0. The van der Waals surface area contributed by atoms with Crippen molar-refractivity contribution in [2.75, 3.05) is 20.0 Å². The fourth-order valence-corrected chi connectivity index (χ4v) is 3.56. The summed E-state index contributed by atoms with van der Waals surface area (Å²) in [7, 11) is 3.01. The van der Waals surface area contributed by atoms with Gasteiger partial charge in [-0.05, 0) is 12.5 Å². The molecular formula is C20H20N6O3. The first-order valence-corrected chi connectivity index (χ1v) is 9.00. The predicted molar refractivity (Wildman–Crippen MR) is 106 cm³/mol. The van der Waals surface area contributed by atoms with Gasteiger partial charge in [-0.3, -0.25) is 4.79 Å². The molecule has 3 N–H and O–H groups in total. The molecule has 0 saturated carbocycles. The molecule has 2 aromatic heterocycles. The van der Waals surface area contributed by atoms with Gasteiger partial charge in [0.1, 0.15) is 0 Å². The molecule has 1 amide bonds. The number of nitrogens with two attached hydrogens (primary N) is 1. The van der Waals surface area contributed by atoms with Crippen LogP contribution in [0.3, 0.4) is 0 Å². The van der Waals surface area contributed by atoms with Gasteiger partial charge in [-0.25, -0.2) is 19.9 Å². The van der Waals surface area contributed by atoms with Crippen molar-refractivity contribution in [2.45, 2.75) is 19.4 Å². The number of rotatable bonds is 4. The van der Waals surface area contributed by atoms with Gasteiger partial charge in [-0.15, -0.1) is 0 Å². The number of carbonyl (C=O) groups is 1. The van der Waals surface area contributed by atoms with E-state index >= 15 is 0 Å². The maximum absolute atomic E-state index is 12.7. The number of fused-ring (bicyclic) bond motifs is 1. The zero-order valence-electron chi connectivity index (χ0n) is 16.3. The van der Waals surface area contributed by atoms with E-state index in [0.717, 1.165) is 11.1 Å². The lowest BCUT2D eigenvalue weighted by Gasteiger charge is -2.27. The summed E-state index contributed by atoms with van der Waals surface area (Å²) in [5.41, 5.74) is 9.81. The molecule has 1 aliphatic rings. The second-order valence-electron chi connectivity index (χ2n) is 6.58. The number of carbonyl (C=O) groups excluding carboxylic acids is 1. The maximum atomic E-state index is 12.7. The Morgan fingerprint density at radius 1 is 1.10 bits per heavy atom. The number of hydrogen-bond acceptors (Lipinski definition) is 8. The van der Waals surface area contributed by atoms with E-state index in [1.807, 2.05) is 24.3 Å². The topological polar surface area (TPSA) is 125 Å². The van der Waals surface area contributed by atoms with Crippen LogP contribution in [0.25, 0.3) is 11.3 Å². The molecule has 3 aromatic rings. The normalized spacial score (nSPS) is 15.4. The summed E-state index contributed by atoms with van der Waals surface area (Å²) < 4.78 is 10.4. The summed E-state index contributed by atoms with van der Waals surface area (Å²) in [5, 5.41) is 3.05. The van der Waals surface area contributed by atoms with Gasteiger partial charge in [0, 0.05) is 12.0 Å². The molecule has 29 heavy (non-hydrogen) atoms. The van der Waals surface area contributed by atoms with Crippen LogP contribution in [0, 0.1) is 6.92 Å². The van der Waals surface area contributed by atoms with Gasteiger partial charge in [0.2, 0.25) is 5.95 Å². The highest BCUT2D eigenvalue weighted by Crippen LogP contribution is 2.34. The van der Waals surface area contributed by atoms with Crippen LogP contribution in [-0.4, -0.2) is 40.1 Å². The summed E-state index contributed by atoms with van der Waals surface area (Å²) in [6, 6.07) is 7.39. The van der Waals surface area contributed by atoms with E-state index < -0.39 is 0 Å². The number of nitrogens with zero attached hydrogens (tertiary/aromatic N) is 4. The van der Waals surface area contributed by atoms with Gasteiger partial charge in [0.05, 0.1) is 49.1 Å². The summed E-state index contributed by atoms with van der Waals surface area (Å²) in [6.07, 6.45) is 2.11. The van der Waals surface area contributed by atoms with E-state index in [4.69, 9.17) is 15.2 Å². The maximum Gasteiger partial charge on any atom is 0.278 e. The van der Waals surface area contributed by atoms with Crippen molar-refractivity contribution in [2.24, 2.45) is 0 Å². The third-order valence-corrected chi connectivity index (χ3v) is 4.82. The summed E-state index contributed by atoms with van der Waals surface area (Å²) in [5.74, 6) is 0.529. The van der Waals surface area contributed by atoms with Gasteiger partial charge in [-0.2, -0.15) is 0 Å². The molecule has 1 aromatic carbocycles. The van der Waals surface area contributed by atoms with Gasteiger partial charge in [-0.1, -0.05) is 24.3 Å². The molecule has 0 radical (unpaired) electrons. The average molecular weight is 392 g/mol. The van der Waals surface area contributed by atoms with E-state index in [2.05, 4.69) is 25.3 Å². The van der Waals surface area contributed by atoms with E-state index in [0.29, 0.717) is 34.9 Å². The van der Waals surface area contributed by atoms with Gasteiger partial charge in [0.15, 0.2) is 0 Å². The third kappa shape index (κ3) is 3.31. The molecule has 4 rings (SSSR count). The van der Waals surface area contributed by atoms with Crippen molar-refractivity contribution >= 4 is 11.9 Å². The smallest absolute Gasteiger partial charge is 0.278 e. The Morgan fingerprint density at radius 2 is 1.86 bits per heavy atom.